The van der Waals surface area contributed by atoms with E-state index in [1.165, 1.54) is 77.0 Å². The second kappa shape index (κ2) is 16.3. The van der Waals surface area contributed by atoms with Crippen molar-refractivity contribution in [1.29, 1.82) is 0 Å². The largest absolute Gasteiger partial charge is 0.497 e. The first kappa shape index (κ1) is 28.7. The molecule has 4 heteroatoms. The number of ether oxygens (including phenoxy) is 2. The molecule has 1 aliphatic carbocycles. The number of aliphatic carboxylic acids is 1. The van der Waals surface area contributed by atoms with Gasteiger partial charge < -0.3 is 14.6 Å². The van der Waals surface area contributed by atoms with E-state index < -0.39 is 17.5 Å². The van der Waals surface area contributed by atoms with Crippen molar-refractivity contribution in [2.45, 2.75) is 130 Å². The predicted octanol–water partition coefficient (Wildman–Crippen LogP) is 8.21. The molecule has 186 valence electrons. The Morgan fingerprint density at radius 2 is 1.34 bits per heavy atom. The highest BCUT2D eigenvalue weighted by molar-refractivity contribution is 5.77. The third kappa shape index (κ3) is 9.68. The van der Waals surface area contributed by atoms with Gasteiger partial charge in [-0.1, -0.05) is 96.5 Å². The second-order valence-corrected chi connectivity index (χ2v) is 9.57. The van der Waals surface area contributed by atoms with Gasteiger partial charge in [0, 0.05) is 12.2 Å². The summed E-state index contributed by atoms with van der Waals surface area (Å²) >= 11 is 0. The van der Waals surface area contributed by atoms with Crippen LogP contribution in [0, 0.1) is 5.92 Å². The summed E-state index contributed by atoms with van der Waals surface area (Å²) in [6.45, 7) is 11.3. The third-order valence-electron chi connectivity index (χ3n) is 6.99. The Kier molecular flexibility index (Phi) is 14.7. The van der Waals surface area contributed by atoms with Crippen molar-refractivity contribution in [2.75, 3.05) is 13.2 Å². The van der Waals surface area contributed by atoms with Crippen molar-refractivity contribution in [1.82, 2.24) is 0 Å². The lowest BCUT2D eigenvalue weighted by molar-refractivity contribution is -0.140. The molecule has 0 fully saturated rings. The summed E-state index contributed by atoms with van der Waals surface area (Å²) in [7, 11) is 0. The van der Waals surface area contributed by atoms with Crippen molar-refractivity contribution in [2.24, 2.45) is 5.92 Å². The molecular weight excluding hydrogens is 400 g/mol. The van der Waals surface area contributed by atoms with Crippen LogP contribution in [-0.4, -0.2) is 29.9 Å². The van der Waals surface area contributed by atoms with E-state index in [0.29, 0.717) is 19.0 Å². The van der Waals surface area contributed by atoms with E-state index in [4.69, 9.17) is 9.47 Å². The molecule has 1 aliphatic rings. The van der Waals surface area contributed by atoms with Crippen LogP contribution in [0.15, 0.2) is 23.0 Å². The molecule has 0 spiro atoms. The second-order valence-electron chi connectivity index (χ2n) is 9.57. The summed E-state index contributed by atoms with van der Waals surface area (Å²) in [5.41, 5.74) is 1.25. The molecule has 0 saturated carbocycles. The minimum Gasteiger partial charge on any atom is -0.497 e. The van der Waals surface area contributed by atoms with Gasteiger partial charge in [-0.3, -0.25) is 4.79 Å². The average Bonchev–Trinajstić information content (AvgIpc) is 2.76. The maximum Gasteiger partial charge on any atom is 0.318 e. The molecule has 0 aromatic rings. The van der Waals surface area contributed by atoms with E-state index >= 15 is 0 Å². The Balaban J connectivity index is 2.22. The Hall–Kier alpha value is -1.29. The van der Waals surface area contributed by atoms with Gasteiger partial charge in [0.05, 0.1) is 6.61 Å². The van der Waals surface area contributed by atoms with Crippen LogP contribution in [0.3, 0.4) is 0 Å². The van der Waals surface area contributed by atoms with Gasteiger partial charge in [0.15, 0.2) is 0 Å². The number of carboxylic acid groups (broad SMARTS) is 1. The quantitative estimate of drug-likeness (QED) is 0.159. The summed E-state index contributed by atoms with van der Waals surface area (Å²) in [6.07, 6.45) is 20.3. The van der Waals surface area contributed by atoms with Gasteiger partial charge in [-0.25, -0.2) is 0 Å². The van der Waals surface area contributed by atoms with Crippen molar-refractivity contribution < 1.29 is 19.4 Å². The van der Waals surface area contributed by atoms with Crippen molar-refractivity contribution in [3.05, 3.63) is 23.0 Å². The zero-order valence-corrected chi connectivity index (χ0v) is 21.6. The van der Waals surface area contributed by atoms with Gasteiger partial charge in [-0.2, -0.15) is 0 Å². The molecule has 0 radical (unpaired) electrons. The van der Waals surface area contributed by atoms with Crippen LogP contribution in [0.4, 0.5) is 0 Å². The zero-order chi connectivity index (χ0) is 23.8. The van der Waals surface area contributed by atoms with E-state index in [1.807, 2.05) is 27.7 Å². The lowest BCUT2D eigenvalue weighted by atomic mass is 9.79. The molecule has 32 heavy (non-hydrogen) atoms. The Morgan fingerprint density at radius 1 is 0.875 bits per heavy atom. The molecule has 1 rings (SSSR count). The highest BCUT2D eigenvalue weighted by atomic mass is 16.5. The van der Waals surface area contributed by atoms with Crippen molar-refractivity contribution in [3.8, 4) is 0 Å². The first-order valence-electron chi connectivity index (χ1n) is 13.3. The lowest BCUT2D eigenvalue weighted by Crippen LogP contribution is -2.38. The number of rotatable bonds is 19. The first-order chi connectivity index (χ1) is 15.4. The average molecular weight is 451 g/mol. The van der Waals surface area contributed by atoms with Crippen molar-refractivity contribution >= 4 is 5.97 Å². The standard InChI is InChI=1S/C28H50O4/c1-6-8-9-10-11-12-13-14-15-16-17-18-19-20-21-31-26-24(4)28(5,32-7-2)23(3)22-25(26)27(29)30/h22,25H,6-21H2,1-5H3,(H,29,30). The van der Waals surface area contributed by atoms with E-state index in [9.17, 15) is 9.90 Å². The van der Waals surface area contributed by atoms with E-state index in [2.05, 4.69) is 6.92 Å². The molecule has 2 unspecified atom stereocenters. The van der Waals surface area contributed by atoms with Crippen molar-refractivity contribution in [3.63, 3.8) is 0 Å². The minimum absolute atomic E-state index is 0.564. The summed E-state index contributed by atoms with van der Waals surface area (Å²) in [4.78, 5) is 11.8. The Bertz CT molecular complexity index is 592. The van der Waals surface area contributed by atoms with E-state index in [-0.39, 0.29) is 0 Å². The molecule has 0 aliphatic heterocycles. The molecule has 1 N–H and O–H groups in total. The van der Waals surface area contributed by atoms with Crippen LogP contribution >= 0.6 is 0 Å². The van der Waals surface area contributed by atoms with E-state index in [0.717, 1.165) is 24.0 Å². The number of hydrogen-bond acceptors (Lipinski definition) is 3. The number of hydrogen-bond donors (Lipinski definition) is 1. The van der Waals surface area contributed by atoms with Crippen LogP contribution in [0.25, 0.3) is 0 Å². The normalized spacial score (nSPS) is 21.0. The Morgan fingerprint density at radius 3 is 1.78 bits per heavy atom. The molecule has 0 heterocycles. The smallest absolute Gasteiger partial charge is 0.318 e. The summed E-state index contributed by atoms with van der Waals surface area (Å²) < 4.78 is 12.0. The lowest BCUT2D eigenvalue weighted by Gasteiger charge is -2.38. The highest BCUT2D eigenvalue weighted by Gasteiger charge is 2.40. The summed E-state index contributed by atoms with van der Waals surface area (Å²) in [6, 6.07) is 0. The van der Waals surface area contributed by atoms with Gasteiger partial charge in [-0.15, -0.1) is 0 Å². The Labute approximate surface area is 197 Å². The first-order valence-corrected chi connectivity index (χ1v) is 13.3. The topological polar surface area (TPSA) is 55.8 Å². The molecule has 0 amide bonds. The molecule has 0 saturated heterocycles. The third-order valence-corrected chi connectivity index (χ3v) is 6.99. The van der Waals surface area contributed by atoms with Gasteiger partial charge in [0.25, 0.3) is 0 Å². The maximum absolute atomic E-state index is 11.8. The van der Waals surface area contributed by atoms with Gasteiger partial charge in [-0.05, 0) is 39.7 Å². The summed E-state index contributed by atoms with van der Waals surface area (Å²) in [5, 5.41) is 9.67. The molecule has 0 aromatic heterocycles. The van der Waals surface area contributed by atoms with Gasteiger partial charge >= 0.3 is 5.97 Å². The highest BCUT2D eigenvalue weighted by Crippen LogP contribution is 2.40. The molecule has 0 aromatic carbocycles. The fourth-order valence-electron chi connectivity index (χ4n) is 4.62. The van der Waals surface area contributed by atoms with Gasteiger partial charge in [0.1, 0.15) is 17.3 Å². The predicted molar refractivity (Wildman–Crippen MR) is 134 cm³/mol. The summed E-state index contributed by atoms with van der Waals surface area (Å²) in [5.74, 6) is -1.01. The van der Waals surface area contributed by atoms with Crippen LogP contribution < -0.4 is 0 Å². The number of unbranched alkanes of at least 4 members (excludes halogenated alkanes) is 13. The maximum atomic E-state index is 11.8. The molecule has 0 bridgehead atoms. The number of carbonyl (C=O) groups is 1. The van der Waals surface area contributed by atoms with Gasteiger partial charge in [0.2, 0.25) is 0 Å². The van der Waals surface area contributed by atoms with Crippen LogP contribution in [-0.2, 0) is 14.3 Å². The monoisotopic (exact) mass is 450 g/mol. The minimum atomic E-state index is -0.863. The zero-order valence-electron chi connectivity index (χ0n) is 21.6. The number of carboxylic acids is 1. The van der Waals surface area contributed by atoms with Crippen LogP contribution in [0.1, 0.15) is 125 Å². The fraction of sp³-hybridized carbons (Fsp3) is 0.821. The molecule has 2 atom stereocenters. The van der Waals surface area contributed by atoms with E-state index in [1.54, 1.807) is 6.08 Å². The molecular formula is C28H50O4. The SMILES string of the molecule is CCCCCCCCCCCCCCCCOC1=C(C)C(C)(OCC)C(C)=CC1C(=O)O. The van der Waals surface area contributed by atoms with Crippen LogP contribution in [0.2, 0.25) is 0 Å². The van der Waals surface area contributed by atoms with Crippen LogP contribution in [0.5, 0.6) is 0 Å². The fourth-order valence-corrected chi connectivity index (χ4v) is 4.62. The molecule has 4 nitrogen and oxygen atoms in total.